The average molecular weight is 252 g/mol. The fourth-order valence-corrected chi connectivity index (χ4v) is 2.60. The monoisotopic (exact) mass is 251 g/mol. The highest BCUT2D eigenvalue weighted by Crippen LogP contribution is 2.31. The molecule has 0 bridgehead atoms. The molecule has 0 radical (unpaired) electrons. The van der Waals surface area contributed by atoms with E-state index in [9.17, 15) is 0 Å². The van der Waals surface area contributed by atoms with E-state index in [4.69, 9.17) is 16.3 Å². The smallest absolute Gasteiger partial charge is 0.142 e. The fraction of sp³-hybridized carbons (Fsp3) is 0.500. The number of hydrogen-bond donors (Lipinski definition) is 1. The summed E-state index contributed by atoms with van der Waals surface area (Å²) in [6, 6.07) is 1.92. The highest BCUT2D eigenvalue weighted by Gasteiger charge is 2.21. The van der Waals surface area contributed by atoms with E-state index in [-0.39, 0.29) is 0 Å². The Hall–Kier alpha value is -1.13. The summed E-state index contributed by atoms with van der Waals surface area (Å²) in [6.45, 7) is 3.54. The highest BCUT2D eigenvalue weighted by molar-refractivity contribution is 6.30. The minimum Gasteiger partial charge on any atom is -0.381 e. The zero-order valence-corrected chi connectivity index (χ0v) is 10.4. The van der Waals surface area contributed by atoms with Gasteiger partial charge >= 0.3 is 0 Å². The van der Waals surface area contributed by atoms with Crippen LogP contribution in [-0.4, -0.2) is 28.2 Å². The molecular formula is C12H14ClN3O. The number of nitrogens with one attached hydrogen (secondary N) is 1. The Kier molecular flexibility index (Phi) is 2.76. The molecule has 0 saturated carbocycles. The number of halogens is 1. The largest absolute Gasteiger partial charge is 0.381 e. The van der Waals surface area contributed by atoms with Crippen LogP contribution in [0.25, 0.3) is 11.0 Å². The van der Waals surface area contributed by atoms with Gasteiger partial charge in [-0.05, 0) is 25.8 Å². The molecule has 0 spiro atoms. The van der Waals surface area contributed by atoms with E-state index in [1.165, 1.54) is 0 Å². The third kappa shape index (κ3) is 2.03. The van der Waals surface area contributed by atoms with Crippen LogP contribution in [0.2, 0.25) is 5.15 Å². The van der Waals surface area contributed by atoms with Gasteiger partial charge < -0.3 is 9.72 Å². The summed E-state index contributed by atoms with van der Waals surface area (Å²) in [4.78, 5) is 12.0. The molecule has 0 unspecified atom stereocenters. The lowest BCUT2D eigenvalue weighted by molar-refractivity contribution is 0.0847. The van der Waals surface area contributed by atoms with Crippen molar-refractivity contribution in [2.24, 2.45) is 0 Å². The molecule has 1 aliphatic rings. The molecule has 1 aliphatic heterocycles. The first kappa shape index (κ1) is 11.0. The number of aryl methyl sites for hydroxylation is 1. The van der Waals surface area contributed by atoms with Crippen molar-refractivity contribution in [1.29, 1.82) is 0 Å². The summed E-state index contributed by atoms with van der Waals surface area (Å²) >= 11 is 6.00. The molecule has 17 heavy (non-hydrogen) atoms. The van der Waals surface area contributed by atoms with Gasteiger partial charge in [-0.1, -0.05) is 11.6 Å². The molecule has 0 amide bonds. The highest BCUT2D eigenvalue weighted by atomic mass is 35.5. The van der Waals surface area contributed by atoms with Crippen molar-refractivity contribution in [1.82, 2.24) is 15.0 Å². The minimum absolute atomic E-state index is 0.458. The second-order valence-electron chi connectivity index (χ2n) is 4.42. The number of ether oxygens (including phenoxy) is 1. The van der Waals surface area contributed by atoms with Crippen LogP contribution >= 0.6 is 11.6 Å². The third-order valence-electron chi connectivity index (χ3n) is 3.20. The second-order valence-corrected chi connectivity index (χ2v) is 4.83. The normalized spacial score (nSPS) is 17.8. The number of nitrogens with zero attached hydrogens (tertiary/aromatic N) is 2. The van der Waals surface area contributed by atoms with E-state index in [0.29, 0.717) is 11.1 Å². The van der Waals surface area contributed by atoms with Crippen LogP contribution in [0.5, 0.6) is 0 Å². The topological polar surface area (TPSA) is 50.8 Å². The van der Waals surface area contributed by atoms with Gasteiger partial charge in [-0.25, -0.2) is 9.97 Å². The first-order valence-electron chi connectivity index (χ1n) is 5.84. The van der Waals surface area contributed by atoms with Crippen LogP contribution in [-0.2, 0) is 4.74 Å². The number of H-pyrrole nitrogens is 1. The Morgan fingerprint density at radius 1 is 1.35 bits per heavy atom. The third-order valence-corrected chi connectivity index (χ3v) is 3.41. The zero-order valence-electron chi connectivity index (χ0n) is 9.66. The van der Waals surface area contributed by atoms with E-state index in [1.807, 2.05) is 13.0 Å². The van der Waals surface area contributed by atoms with Gasteiger partial charge in [-0.3, -0.25) is 0 Å². The quantitative estimate of drug-likeness (QED) is 0.848. The molecule has 4 nitrogen and oxygen atoms in total. The van der Waals surface area contributed by atoms with Gasteiger partial charge in [0.1, 0.15) is 16.6 Å². The number of rotatable bonds is 1. The van der Waals surface area contributed by atoms with Crippen molar-refractivity contribution in [3.05, 3.63) is 22.7 Å². The lowest BCUT2D eigenvalue weighted by Crippen LogP contribution is -2.16. The first-order chi connectivity index (χ1) is 8.24. The van der Waals surface area contributed by atoms with Gasteiger partial charge in [0.2, 0.25) is 0 Å². The SMILES string of the molecule is Cc1nc(C2CCOCC2)c2cc(Cl)[nH]c2n1. The van der Waals surface area contributed by atoms with Crippen molar-refractivity contribution < 1.29 is 4.74 Å². The van der Waals surface area contributed by atoms with E-state index in [1.54, 1.807) is 0 Å². The Balaban J connectivity index is 2.12. The lowest BCUT2D eigenvalue weighted by atomic mass is 9.94. The van der Waals surface area contributed by atoms with E-state index in [2.05, 4.69) is 15.0 Å². The van der Waals surface area contributed by atoms with Crippen LogP contribution in [0.15, 0.2) is 6.07 Å². The summed E-state index contributed by atoms with van der Waals surface area (Å²) in [5.74, 6) is 1.25. The van der Waals surface area contributed by atoms with Crippen LogP contribution in [0.4, 0.5) is 0 Å². The van der Waals surface area contributed by atoms with E-state index in [0.717, 1.165) is 48.6 Å². The van der Waals surface area contributed by atoms with Gasteiger partial charge in [0.15, 0.2) is 0 Å². The molecule has 0 aliphatic carbocycles. The summed E-state index contributed by atoms with van der Waals surface area (Å²) in [6.07, 6.45) is 2.04. The maximum absolute atomic E-state index is 6.00. The Morgan fingerprint density at radius 3 is 2.88 bits per heavy atom. The van der Waals surface area contributed by atoms with E-state index < -0.39 is 0 Å². The molecule has 1 N–H and O–H groups in total. The molecule has 0 atom stereocenters. The van der Waals surface area contributed by atoms with Crippen molar-refractivity contribution >= 4 is 22.6 Å². The summed E-state index contributed by atoms with van der Waals surface area (Å²) in [5, 5.41) is 1.67. The van der Waals surface area contributed by atoms with Crippen LogP contribution in [0.3, 0.4) is 0 Å². The number of hydrogen-bond acceptors (Lipinski definition) is 3. The van der Waals surface area contributed by atoms with Crippen LogP contribution in [0, 0.1) is 6.92 Å². The van der Waals surface area contributed by atoms with Crippen LogP contribution < -0.4 is 0 Å². The summed E-state index contributed by atoms with van der Waals surface area (Å²) in [5.41, 5.74) is 1.95. The Bertz CT molecular complexity index is 546. The van der Waals surface area contributed by atoms with Gasteiger partial charge in [0, 0.05) is 24.5 Å². The standard InChI is InChI=1S/C12H14ClN3O/c1-7-14-11(8-2-4-17-5-3-8)9-6-10(13)16-12(9)15-7/h6,8H,2-5H2,1H3,(H,14,15,16). The van der Waals surface area contributed by atoms with Crippen molar-refractivity contribution in [2.75, 3.05) is 13.2 Å². The average Bonchev–Trinajstić information content (AvgIpc) is 2.69. The predicted octanol–water partition coefficient (Wildman–Crippen LogP) is 2.81. The van der Waals surface area contributed by atoms with Gasteiger partial charge in [0.25, 0.3) is 0 Å². The Labute approximate surface area is 104 Å². The molecule has 2 aromatic rings. The van der Waals surface area contributed by atoms with Crippen molar-refractivity contribution in [2.45, 2.75) is 25.7 Å². The fourth-order valence-electron chi connectivity index (χ4n) is 2.40. The van der Waals surface area contributed by atoms with Gasteiger partial charge in [0.05, 0.1) is 5.69 Å². The second kappa shape index (κ2) is 4.27. The minimum atomic E-state index is 0.458. The number of fused-ring (bicyclic) bond motifs is 1. The van der Waals surface area contributed by atoms with Crippen molar-refractivity contribution in [3.63, 3.8) is 0 Å². The Morgan fingerprint density at radius 2 is 2.12 bits per heavy atom. The predicted molar refractivity (Wildman–Crippen MR) is 66.4 cm³/mol. The molecule has 5 heteroatoms. The summed E-state index contributed by atoms with van der Waals surface area (Å²) in [7, 11) is 0. The maximum Gasteiger partial charge on any atom is 0.142 e. The van der Waals surface area contributed by atoms with Gasteiger partial charge in [-0.15, -0.1) is 0 Å². The molecule has 1 fully saturated rings. The molecule has 90 valence electrons. The van der Waals surface area contributed by atoms with E-state index >= 15 is 0 Å². The zero-order chi connectivity index (χ0) is 11.8. The molecule has 3 heterocycles. The molecule has 0 aromatic carbocycles. The summed E-state index contributed by atoms with van der Waals surface area (Å²) < 4.78 is 5.39. The molecule has 2 aromatic heterocycles. The molecular weight excluding hydrogens is 238 g/mol. The maximum atomic E-state index is 6.00. The van der Waals surface area contributed by atoms with Crippen molar-refractivity contribution in [3.8, 4) is 0 Å². The molecule has 3 rings (SSSR count). The van der Waals surface area contributed by atoms with Crippen LogP contribution in [0.1, 0.15) is 30.3 Å². The number of aromatic amines is 1. The lowest BCUT2D eigenvalue weighted by Gasteiger charge is -2.22. The number of aromatic nitrogens is 3. The van der Waals surface area contributed by atoms with Gasteiger partial charge in [-0.2, -0.15) is 0 Å². The molecule has 1 saturated heterocycles. The first-order valence-corrected chi connectivity index (χ1v) is 6.22.